The number of carbonyl (C=O) groups is 1. The molecule has 3 heteroatoms. The Morgan fingerprint density at radius 1 is 0.833 bits per heavy atom. The van der Waals surface area contributed by atoms with Crippen LogP contribution in [0.1, 0.15) is 84.5 Å². The number of hydrogen-bond acceptors (Lipinski definition) is 2. The molecule has 102 valence electrons. The SMILES string of the molecule is CC(C)CCCCCCCCCCCC(=O)[O-].[Na+]. The molecular formula is C15H29NaO2. The molecule has 0 aliphatic heterocycles. The van der Waals surface area contributed by atoms with Crippen molar-refractivity contribution in [3.63, 3.8) is 0 Å². The van der Waals surface area contributed by atoms with Crippen LogP contribution in [0.5, 0.6) is 0 Å². The molecule has 0 bridgehead atoms. The average molecular weight is 264 g/mol. The third-order valence-electron chi connectivity index (χ3n) is 3.16. The summed E-state index contributed by atoms with van der Waals surface area (Å²) in [5.74, 6) is -0.0612. The predicted molar refractivity (Wildman–Crippen MR) is 70.6 cm³/mol. The van der Waals surface area contributed by atoms with Crippen LogP contribution in [0.25, 0.3) is 0 Å². The van der Waals surface area contributed by atoms with Gasteiger partial charge in [-0.1, -0.05) is 71.6 Å². The van der Waals surface area contributed by atoms with E-state index in [0.29, 0.717) is 0 Å². The Balaban J connectivity index is 0. The summed E-state index contributed by atoms with van der Waals surface area (Å²) in [5, 5.41) is 10.2. The largest absolute Gasteiger partial charge is 1.00 e. The summed E-state index contributed by atoms with van der Waals surface area (Å²) in [4.78, 5) is 10.2. The van der Waals surface area contributed by atoms with Gasteiger partial charge in [0.2, 0.25) is 0 Å². The summed E-state index contributed by atoms with van der Waals surface area (Å²) in [6, 6.07) is 0. The summed E-state index contributed by atoms with van der Waals surface area (Å²) >= 11 is 0. The van der Waals surface area contributed by atoms with E-state index in [1.54, 1.807) is 0 Å². The molecule has 0 spiro atoms. The molecule has 0 aromatic carbocycles. The summed E-state index contributed by atoms with van der Waals surface area (Å²) < 4.78 is 0. The van der Waals surface area contributed by atoms with Crippen molar-refractivity contribution in [2.45, 2.75) is 84.5 Å². The molecule has 0 aliphatic carbocycles. The summed E-state index contributed by atoms with van der Waals surface area (Å²) in [6.45, 7) is 4.57. The molecule has 0 saturated carbocycles. The van der Waals surface area contributed by atoms with Gasteiger partial charge in [-0.15, -0.1) is 0 Å². The van der Waals surface area contributed by atoms with E-state index in [2.05, 4.69) is 13.8 Å². The van der Waals surface area contributed by atoms with Crippen molar-refractivity contribution in [1.82, 2.24) is 0 Å². The van der Waals surface area contributed by atoms with Gasteiger partial charge in [0, 0.05) is 5.97 Å². The van der Waals surface area contributed by atoms with Crippen molar-refractivity contribution >= 4 is 5.97 Å². The maximum Gasteiger partial charge on any atom is 1.00 e. The number of rotatable bonds is 12. The Labute approximate surface area is 135 Å². The van der Waals surface area contributed by atoms with Crippen LogP contribution in [0.3, 0.4) is 0 Å². The van der Waals surface area contributed by atoms with Gasteiger partial charge >= 0.3 is 29.6 Å². The Hall–Kier alpha value is 0.470. The molecule has 0 aliphatic rings. The molecular weight excluding hydrogens is 235 g/mol. The normalized spacial score (nSPS) is 10.4. The van der Waals surface area contributed by atoms with E-state index in [-0.39, 0.29) is 36.0 Å². The van der Waals surface area contributed by atoms with Crippen molar-refractivity contribution in [3.8, 4) is 0 Å². The molecule has 0 atom stereocenters. The van der Waals surface area contributed by atoms with Gasteiger partial charge in [-0.05, 0) is 18.8 Å². The topological polar surface area (TPSA) is 40.1 Å². The first-order valence-corrected chi connectivity index (χ1v) is 7.32. The maximum atomic E-state index is 10.2. The Morgan fingerprint density at radius 3 is 1.61 bits per heavy atom. The summed E-state index contributed by atoms with van der Waals surface area (Å²) in [6.07, 6.45) is 12.6. The van der Waals surface area contributed by atoms with Crippen LogP contribution in [0, 0.1) is 5.92 Å². The van der Waals surface area contributed by atoms with E-state index in [4.69, 9.17) is 0 Å². The minimum absolute atomic E-state index is 0. The Kier molecular flexibility index (Phi) is 17.9. The summed E-state index contributed by atoms with van der Waals surface area (Å²) in [5.41, 5.74) is 0. The second-order valence-electron chi connectivity index (χ2n) is 5.49. The van der Waals surface area contributed by atoms with Gasteiger partial charge in [0.15, 0.2) is 0 Å². The van der Waals surface area contributed by atoms with Gasteiger partial charge in [-0.2, -0.15) is 0 Å². The van der Waals surface area contributed by atoms with Crippen LogP contribution in [0.15, 0.2) is 0 Å². The first-order valence-electron chi connectivity index (χ1n) is 7.32. The fourth-order valence-electron chi connectivity index (χ4n) is 2.06. The molecule has 18 heavy (non-hydrogen) atoms. The molecule has 0 heterocycles. The van der Waals surface area contributed by atoms with Crippen molar-refractivity contribution in [3.05, 3.63) is 0 Å². The number of hydrogen-bond donors (Lipinski definition) is 0. The van der Waals surface area contributed by atoms with Crippen LogP contribution in [-0.2, 0) is 4.79 Å². The zero-order valence-electron chi connectivity index (χ0n) is 12.7. The molecule has 0 N–H and O–H groups in total. The minimum Gasteiger partial charge on any atom is -0.550 e. The number of carboxylic acids is 1. The third-order valence-corrected chi connectivity index (χ3v) is 3.16. The monoisotopic (exact) mass is 264 g/mol. The molecule has 0 amide bonds. The predicted octanol–water partition coefficient (Wildman–Crippen LogP) is 0.687. The van der Waals surface area contributed by atoms with Gasteiger partial charge in [-0.3, -0.25) is 0 Å². The van der Waals surface area contributed by atoms with Crippen LogP contribution in [0.2, 0.25) is 0 Å². The second kappa shape index (κ2) is 15.5. The van der Waals surface area contributed by atoms with E-state index < -0.39 is 5.97 Å². The Bertz CT molecular complexity index is 181. The minimum atomic E-state index is -0.907. The standard InChI is InChI=1S/C15H30O2.Na/c1-14(2)12-10-8-6-4-3-5-7-9-11-13-15(16)17;/h14H,3-13H2,1-2H3,(H,16,17);/q;+1/p-1. The van der Waals surface area contributed by atoms with Crippen LogP contribution in [0.4, 0.5) is 0 Å². The first kappa shape index (κ1) is 20.8. The van der Waals surface area contributed by atoms with E-state index in [1.807, 2.05) is 0 Å². The number of aliphatic carboxylic acids is 1. The zero-order chi connectivity index (χ0) is 12.9. The molecule has 0 rings (SSSR count). The number of carbonyl (C=O) groups excluding carboxylic acids is 1. The molecule has 2 nitrogen and oxygen atoms in total. The van der Waals surface area contributed by atoms with Crippen molar-refractivity contribution in [2.24, 2.45) is 5.92 Å². The summed E-state index contributed by atoms with van der Waals surface area (Å²) in [7, 11) is 0. The number of unbranched alkanes of at least 4 members (excludes halogenated alkanes) is 8. The van der Waals surface area contributed by atoms with E-state index in [1.165, 1.54) is 51.4 Å². The molecule has 0 aromatic heterocycles. The van der Waals surface area contributed by atoms with Crippen LogP contribution in [-0.4, -0.2) is 5.97 Å². The van der Waals surface area contributed by atoms with Gasteiger partial charge < -0.3 is 9.90 Å². The quantitative estimate of drug-likeness (QED) is 0.384. The van der Waals surface area contributed by atoms with E-state index in [0.717, 1.165) is 18.8 Å². The zero-order valence-corrected chi connectivity index (χ0v) is 14.7. The first-order chi connectivity index (χ1) is 8.13. The fraction of sp³-hybridized carbons (Fsp3) is 0.933. The van der Waals surface area contributed by atoms with Gasteiger partial charge in [0.25, 0.3) is 0 Å². The van der Waals surface area contributed by atoms with Gasteiger partial charge in [-0.25, -0.2) is 0 Å². The third kappa shape index (κ3) is 18.8. The van der Waals surface area contributed by atoms with E-state index >= 15 is 0 Å². The second-order valence-corrected chi connectivity index (χ2v) is 5.49. The molecule has 0 radical (unpaired) electrons. The van der Waals surface area contributed by atoms with Crippen molar-refractivity contribution in [1.29, 1.82) is 0 Å². The average Bonchev–Trinajstić information content (AvgIpc) is 2.25. The molecule has 0 unspecified atom stereocenters. The fourth-order valence-corrected chi connectivity index (χ4v) is 2.06. The number of carboxylic acid groups (broad SMARTS) is 1. The molecule has 0 fully saturated rings. The van der Waals surface area contributed by atoms with Gasteiger partial charge in [0.1, 0.15) is 0 Å². The molecule has 0 aromatic rings. The van der Waals surface area contributed by atoms with Crippen LogP contribution >= 0.6 is 0 Å². The van der Waals surface area contributed by atoms with Crippen molar-refractivity contribution < 1.29 is 39.5 Å². The maximum absolute atomic E-state index is 10.2. The van der Waals surface area contributed by atoms with Crippen molar-refractivity contribution in [2.75, 3.05) is 0 Å². The van der Waals surface area contributed by atoms with E-state index in [9.17, 15) is 9.90 Å². The Morgan fingerprint density at radius 2 is 1.22 bits per heavy atom. The van der Waals surface area contributed by atoms with Crippen LogP contribution < -0.4 is 34.7 Å². The smallest absolute Gasteiger partial charge is 0.550 e. The molecule has 0 saturated heterocycles. The van der Waals surface area contributed by atoms with Gasteiger partial charge in [0.05, 0.1) is 0 Å².